The second-order valence-corrected chi connectivity index (χ2v) is 6.58. The van der Waals surface area contributed by atoms with Gasteiger partial charge in [-0.25, -0.2) is 13.2 Å². The van der Waals surface area contributed by atoms with Crippen LogP contribution in [0.1, 0.15) is 28.7 Å². The molecule has 0 fully saturated rings. The predicted molar refractivity (Wildman–Crippen MR) is 71.9 cm³/mol. The van der Waals surface area contributed by atoms with Gasteiger partial charge in [0, 0.05) is 24.8 Å². The minimum absolute atomic E-state index is 0.0219. The van der Waals surface area contributed by atoms with Gasteiger partial charge in [0.1, 0.15) is 10.6 Å². The molecule has 106 valence electrons. The molecule has 6 nitrogen and oxygen atoms in total. The summed E-state index contributed by atoms with van der Waals surface area (Å²) in [6.45, 7) is 8.61. The predicted octanol–water partition coefficient (Wildman–Crippen LogP) is 1.53. The maximum atomic E-state index is 12.4. The zero-order valence-corrected chi connectivity index (χ0v) is 12.3. The Balaban J connectivity index is 3.37. The fraction of sp³-hybridized carbons (Fsp3) is 0.417. The van der Waals surface area contributed by atoms with Gasteiger partial charge in [-0.05, 0) is 20.8 Å². The maximum absolute atomic E-state index is 12.4. The summed E-state index contributed by atoms with van der Waals surface area (Å²) in [5, 5.41) is 9.00. The molecule has 0 bridgehead atoms. The molecule has 0 radical (unpaired) electrons. The average Bonchev–Trinajstić information content (AvgIpc) is 2.53. The fourth-order valence-electron chi connectivity index (χ4n) is 1.95. The lowest BCUT2D eigenvalue weighted by atomic mass is 10.2. The second-order valence-electron chi connectivity index (χ2n) is 4.60. The molecule has 0 atom stereocenters. The SMILES string of the molecule is C=C(C)CN(C)S(=O)(=O)c1c(C)[nH]c(C(=O)O)c1C. The minimum Gasteiger partial charge on any atom is -0.477 e. The number of aromatic carboxylic acids is 1. The molecule has 19 heavy (non-hydrogen) atoms. The first-order valence-electron chi connectivity index (χ1n) is 5.62. The number of hydrogen-bond donors (Lipinski definition) is 2. The van der Waals surface area contributed by atoms with Crippen molar-refractivity contribution in [3.05, 3.63) is 29.1 Å². The molecule has 1 rings (SSSR count). The van der Waals surface area contributed by atoms with Gasteiger partial charge in [-0.1, -0.05) is 12.2 Å². The van der Waals surface area contributed by atoms with E-state index >= 15 is 0 Å². The van der Waals surface area contributed by atoms with Crippen molar-refractivity contribution in [3.63, 3.8) is 0 Å². The Morgan fingerprint density at radius 1 is 1.42 bits per heavy atom. The van der Waals surface area contributed by atoms with Gasteiger partial charge in [-0.15, -0.1) is 0 Å². The molecule has 0 aromatic carbocycles. The van der Waals surface area contributed by atoms with Crippen LogP contribution in [-0.2, 0) is 10.0 Å². The number of rotatable bonds is 5. The molecule has 7 heteroatoms. The van der Waals surface area contributed by atoms with Crippen molar-refractivity contribution in [1.29, 1.82) is 0 Å². The molecular formula is C12H18N2O4S. The highest BCUT2D eigenvalue weighted by molar-refractivity contribution is 7.89. The third-order valence-corrected chi connectivity index (χ3v) is 4.82. The number of nitrogens with zero attached hydrogens (tertiary/aromatic N) is 1. The topological polar surface area (TPSA) is 90.5 Å². The Morgan fingerprint density at radius 2 is 1.95 bits per heavy atom. The van der Waals surface area contributed by atoms with Crippen LogP contribution < -0.4 is 0 Å². The highest BCUT2D eigenvalue weighted by atomic mass is 32.2. The van der Waals surface area contributed by atoms with E-state index in [4.69, 9.17) is 5.11 Å². The van der Waals surface area contributed by atoms with Crippen LogP contribution in [0.25, 0.3) is 0 Å². The van der Waals surface area contributed by atoms with E-state index in [1.54, 1.807) is 13.8 Å². The molecule has 0 spiro atoms. The second kappa shape index (κ2) is 5.18. The van der Waals surface area contributed by atoms with Crippen molar-refractivity contribution in [2.24, 2.45) is 0 Å². The number of carboxylic acid groups (broad SMARTS) is 1. The van der Waals surface area contributed by atoms with Gasteiger partial charge in [-0.2, -0.15) is 4.31 Å². The Kier molecular flexibility index (Phi) is 4.21. The van der Waals surface area contributed by atoms with Crippen LogP contribution >= 0.6 is 0 Å². The molecule has 0 amide bonds. The first-order valence-corrected chi connectivity index (χ1v) is 7.06. The summed E-state index contributed by atoms with van der Waals surface area (Å²) >= 11 is 0. The number of aromatic amines is 1. The monoisotopic (exact) mass is 286 g/mol. The highest BCUT2D eigenvalue weighted by Crippen LogP contribution is 2.26. The Bertz CT molecular complexity index is 628. The number of carboxylic acids is 1. The molecule has 0 saturated carbocycles. The largest absolute Gasteiger partial charge is 0.477 e. The average molecular weight is 286 g/mol. The number of likely N-dealkylation sites (N-methyl/N-ethyl adjacent to an activating group) is 1. The van der Waals surface area contributed by atoms with E-state index < -0.39 is 16.0 Å². The molecule has 0 aliphatic carbocycles. The van der Waals surface area contributed by atoms with Crippen LogP contribution in [0.5, 0.6) is 0 Å². The lowest BCUT2D eigenvalue weighted by Gasteiger charge is -2.17. The van der Waals surface area contributed by atoms with Crippen molar-refractivity contribution in [2.75, 3.05) is 13.6 Å². The van der Waals surface area contributed by atoms with E-state index in [9.17, 15) is 13.2 Å². The van der Waals surface area contributed by atoms with Crippen LogP contribution in [0.15, 0.2) is 17.0 Å². The highest BCUT2D eigenvalue weighted by Gasteiger charge is 2.29. The molecule has 0 aliphatic rings. The molecule has 1 aromatic rings. The zero-order chi connectivity index (χ0) is 15.0. The third kappa shape index (κ3) is 2.87. The molecule has 0 saturated heterocycles. The molecule has 2 N–H and O–H groups in total. The standard InChI is InChI=1S/C12H18N2O4S/c1-7(2)6-14(5)19(17,18)11-8(3)10(12(15)16)13-9(11)4/h13H,1,6H2,2-5H3,(H,15,16). The summed E-state index contributed by atoms with van der Waals surface area (Å²) in [5.41, 5.74) is 1.15. The van der Waals surface area contributed by atoms with Crippen molar-refractivity contribution in [3.8, 4) is 0 Å². The first kappa shape index (κ1) is 15.5. The van der Waals surface area contributed by atoms with Gasteiger partial charge in [0.05, 0.1) is 0 Å². The summed E-state index contributed by atoms with van der Waals surface area (Å²) in [6.07, 6.45) is 0. The summed E-state index contributed by atoms with van der Waals surface area (Å²) < 4.78 is 26.0. The van der Waals surface area contributed by atoms with Crippen LogP contribution in [0.3, 0.4) is 0 Å². The quantitative estimate of drug-likeness (QED) is 0.803. The van der Waals surface area contributed by atoms with E-state index in [1.807, 2.05) is 0 Å². The van der Waals surface area contributed by atoms with Gasteiger partial charge < -0.3 is 10.1 Å². The number of hydrogen-bond acceptors (Lipinski definition) is 3. The first-order chi connectivity index (χ1) is 8.59. The van der Waals surface area contributed by atoms with Crippen molar-refractivity contribution in [1.82, 2.24) is 9.29 Å². The van der Waals surface area contributed by atoms with E-state index in [2.05, 4.69) is 11.6 Å². The van der Waals surface area contributed by atoms with Gasteiger partial charge in [-0.3, -0.25) is 0 Å². The van der Waals surface area contributed by atoms with Crippen molar-refractivity contribution < 1.29 is 18.3 Å². The Morgan fingerprint density at radius 3 is 2.32 bits per heavy atom. The summed E-state index contributed by atoms with van der Waals surface area (Å²) in [7, 11) is -2.29. The van der Waals surface area contributed by atoms with Crippen molar-refractivity contribution in [2.45, 2.75) is 25.7 Å². The molecule has 0 unspecified atom stereocenters. The number of carbonyl (C=O) groups is 1. The normalized spacial score (nSPS) is 11.8. The lowest BCUT2D eigenvalue weighted by molar-refractivity contribution is 0.0690. The van der Waals surface area contributed by atoms with Gasteiger partial charge in [0.25, 0.3) is 0 Å². The zero-order valence-electron chi connectivity index (χ0n) is 11.4. The number of nitrogens with one attached hydrogen (secondary N) is 1. The third-order valence-electron chi connectivity index (χ3n) is 2.74. The Hall–Kier alpha value is -1.60. The summed E-state index contributed by atoms with van der Waals surface area (Å²) in [4.78, 5) is 13.6. The van der Waals surface area contributed by atoms with E-state index in [-0.39, 0.29) is 22.7 Å². The number of aryl methyl sites for hydroxylation is 1. The number of H-pyrrole nitrogens is 1. The van der Waals surface area contributed by atoms with E-state index in [0.29, 0.717) is 11.3 Å². The summed E-state index contributed by atoms with van der Waals surface area (Å²) in [6, 6.07) is 0. The van der Waals surface area contributed by atoms with E-state index in [1.165, 1.54) is 14.0 Å². The molecule has 1 aromatic heterocycles. The van der Waals surface area contributed by atoms with Crippen LogP contribution in [0.4, 0.5) is 0 Å². The molecule has 0 aliphatic heterocycles. The number of aromatic nitrogens is 1. The maximum Gasteiger partial charge on any atom is 0.352 e. The Labute approximate surface area is 112 Å². The van der Waals surface area contributed by atoms with Gasteiger partial charge in [0.2, 0.25) is 10.0 Å². The minimum atomic E-state index is -3.73. The van der Waals surface area contributed by atoms with Crippen LogP contribution in [0, 0.1) is 13.8 Å². The molecular weight excluding hydrogens is 268 g/mol. The van der Waals surface area contributed by atoms with Crippen LogP contribution in [-0.4, -0.2) is 42.4 Å². The lowest BCUT2D eigenvalue weighted by Crippen LogP contribution is -2.29. The van der Waals surface area contributed by atoms with Gasteiger partial charge >= 0.3 is 5.97 Å². The fourth-order valence-corrected chi connectivity index (χ4v) is 3.58. The van der Waals surface area contributed by atoms with Gasteiger partial charge in [0.15, 0.2) is 0 Å². The smallest absolute Gasteiger partial charge is 0.352 e. The summed E-state index contributed by atoms with van der Waals surface area (Å²) in [5.74, 6) is -1.18. The van der Waals surface area contributed by atoms with E-state index in [0.717, 1.165) is 4.31 Å². The molecule has 1 heterocycles. The number of sulfonamides is 1. The van der Waals surface area contributed by atoms with Crippen molar-refractivity contribution >= 4 is 16.0 Å². The van der Waals surface area contributed by atoms with Crippen LogP contribution in [0.2, 0.25) is 0 Å².